The van der Waals surface area contributed by atoms with Crippen LogP contribution in [-0.4, -0.2) is 28.1 Å². The molecule has 0 saturated heterocycles. The number of thiocarbonyl (C=S) groups is 1. The molecule has 3 unspecified atom stereocenters. The summed E-state index contributed by atoms with van der Waals surface area (Å²) in [7, 11) is 1.60. The molecule has 2 aliphatic carbocycles. The number of ether oxygens (including phenoxy) is 1. The molecule has 1 aliphatic heterocycles. The standard InChI is InChI=1S/C23H25N3O2S/c1-28-16-7-8-19-18(11-16)22(27)26-21(25-19)17-6-3-9-23(26,20(17)29)12-14-4-2-5-15(10-14)13-24/h3,6-9,11,14-15H,2,4-5,10,12-13,24H2,1H3. The number of hydrogen-bond acceptors (Lipinski definition) is 5. The molecule has 1 aromatic heterocycles. The molecule has 2 N–H and O–H groups in total. The van der Waals surface area contributed by atoms with E-state index in [4.69, 9.17) is 27.7 Å². The summed E-state index contributed by atoms with van der Waals surface area (Å²) in [5.74, 6) is 2.41. The number of fused-ring (bicyclic) bond motifs is 6. The highest BCUT2D eigenvalue weighted by atomic mass is 32.1. The lowest BCUT2D eigenvalue weighted by atomic mass is 9.73. The number of nitrogens with zero attached hydrogens (tertiary/aromatic N) is 2. The van der Waals surface area contributed by atoms with Crippen LogP contribution in [0.4, 0.5) is 0 Å². The highest BCUT2D eigenvalue weighted by Gasteiger charge is 2.48. The normalized spacial score (nSPS) is 27.8. The van der Waals surface area contributed by atoms with Crippen LogP contribution < -0.4 is 16.0 Å². The monoisotopic (exact) mass is 407 g/mol. The van der Waals surface area contributed by atoms with Crippen molar-refractivity contribution in [3.8, 4) is 5.75 Å². The molecule has 0 spiro atoms. The Labute approximate surface area is 175 Å². The van der Waals surface area contributed by atoms with Crippen LogP contribution in [0.5, 0.6) is 5.75 Å². The summed E-state index contributed by atoms with van der Waals surface area (Å²) in [5, 5.41) is 0.570. The number of hydrogen-bond donors (Lipinski definition) is 1. The van der Waals surface area contributed by atoms with Gasteiger partial charge >= 0.3 is 0 Å². The summed E-state index contributed by atoms with van der Waals surface area (Å²) in [6, 6.07) is 5.46. The maximum Gasteiger partial charge on any atom is 0.262 e. The lowest BCUT2D eigenvalue weighted by molar-refractivity contribution is 0.228. The largest absolute Gasteiger partial charge is 0.497 e. The molecular formula is C23H25N3O2S. The number of methoxy groups -OCH3 is 1. The van der Waals surface area contributed by atoms with E-state index >= 15 is 0 Å². The van der Waals surface area contributed by atoms with E-state index in [9.17, 15) is 4.79 Å². The zero-order valence-electron chi connectivity index (χ0n) is 16.6. The zero-order valence-corrected chi connectivity index (χ0v) is 17.4. The van der Waals surface area contributed by atoms with Crippen LogP contribution in [-0.2, 0) is 5.54 Å². The van der Waals surface area contributed by atoms with Gasteiger partial charge in [-0.2, -0.15) is 0 Å². The predicted molar refractivity (Wildman–Crippen MR) is 119 cm³/mol. The van der Waals surface area contributed by atoms with Gasteiger partial charge in [-0.05, 0) is 55.8 Å². The molecule has 0 amide bonds. The summed E-state index contributed by atoms with van der Waals surface area (Å²) in [6.45, 7) is 0.734. The van der Waals surface area contributed by atoms with Gasteiger partial charge in [-0.15, -0.1) is 0 Å². The number of allylic oxidation sites excluding steroid dienone is 4. The van der Waals surface area contributed by atoms with Crippen LogP contribution >= 0.6 is 12.2 Å². The number of aromatic nitrogens is 2. The minimum Gasteiger partial charge on any atom is -0.497 e. The van der Waals surface area contributed by atoms with E-state index in [1.807, 2.05) is 28.9 Å². The van der Waals surface area contributed by atoms with Crippen molar-refractivity contribution < 1.29 is 4.74 Å². The van der Waals surface area contributed by atoms with E-state index in [1.54, 1.807) is 13.2 Å². The molecule has 2 heterocycles. The molecule has 3 aliphatic rings. The van der Waals surface area contributed by atoms with Crippen molar-refractivity contribution >= 4 is 33.6 Å². The fourth-order valence-electron chi connectivity index (χ4n) is 5.38. The number of benzene rings is 1. The third kappa shape index (κ3) is 2.73. The average Bonchev–Trinajstić information content (AvgIpc) is 2.86. The van der Waals surface area contributed by atoms with Gasteiger partial charge in [0, 0.05) is 5.57 Å². The van der Waals surface area contributed by atoms with Gasteiger partial charge in [0.25, 0.3) is 5.56 Å². The zero-order chi connectivity index (χ0) is 20.2. The van der Waals surface area contributed by atoms with Crippen molar-refractivity contribution in [1.29, 1.82) is 0 Å². The molecule has 1 aromatic carbocycles. The van der Waals surface area contributed by atoms with Gasteiger partial charge in [0.05, 0.1) is 22.9 Å². The van der Waals surface area contributed by atoms with Crippen LogP contribution in [0.25, 0.3) is 16.5 Å². The summed E-state index contributed by atoms with van der Waals surface area (Å²) < 4.78 is 7.18. The van der Waals surface area contributed by atoms with Crippen molar-refractivity contribution in [3.63, 3.8) is 0 Å². The highest BCUT2D eigenvalue weighted by molar-refractivity contribution is 7.81. The first-order chi connectivity index (χ1) is 14.1. The number of nitrogens with two attached hydrogens (primary N) is 1. The van der Waals surface area contributed by atoms with Gasteiger partial charge in [0.1, 0.15) is 17.1 Å². The molecule has 0 radical (unpaired) electrons. The summed E-state index contributed by atoms with van der Waals surface area (Å²) in [5.41, 5.74) is 6.90. The van der Waals surface area contributed by atoms with Crippen LogP contribution in [0.3, 0.4) is 0 Å². The SMILES string of the molecule is COc1ccc2nc3n(c(=O)c2c1)C1(CC2CCCC(CN)C2)C=CC=C3C1=S. The van der Waals surface area contributed by atoms with E-state index in [1.165, 1.54) is 12.8 Å². The lowest BCUT2D eigenvalue weighted by Gasteiger charge is -2.36. The van der Waals surface area contributed by atoms with Gasteiger partial charge in [0.15, 0.2) is 0 Å². The maximum atomic E-state index is 13.7. The molecule has 29 heavy (non-hydrogen) atoms. The highest BCUT2D eigenvalue weighted by Crippen LogP contribution is 2.46. The van der Waals surface area contributed by atoms with Gasteiger partial charge in [-0.1, -0.05) is 43.3 Å². The fourth-order valence-corrected chi connectivity index (χ4v) is 5.78. The molecule has 1 fully saturated rings. The van der Waals surface area contributed by atoms with E-state index in [-0.39, 0.29) is 5.56 Å². The predicted octanol–water partition coefficient (Wildman–Crippen LogP) is 3.59. The Bertz CT molecular complexity index is 1130. The molecule has 5 rings (SSSR count). The second-order valence-electron chi connectivity index (χ2n) is 8.49. The molecule has 5 nitrogen and oxygen atoms in total. The fraction of sp³-hybridized carbons (Fsp3) is 0.435. The average molecular weight is 408 g/mol. The smallest absolute Gasteiger partial charge is 0.262 e. The second kappa shape index (κ2) is 6.89. The Morgan fingerprint density at radius 2 is 2.17 bits per heavy atom. The van der Waals surface area contributed by atoms with Crippen LogP contribution in [0.1, 0.15) is 37.9 Å². The van der Waals surface area contributed by atoms with E-state index in [2.05, 4.69) is 6.08 Å². The van der Waals surface area contributed by atoms with Crippen LogP contribution in [0, 0.1) is 11.8 Å². The van der Waals surface area contributed by atoms with Crippen molar-refractivity contribution in [2.75, 3.05) is 13.7 Å². The third-order valence-electron chi connectivity index (χ3n) is 6.81. The molecule has 150 valence electrons. The first-order valence-corrected chi connectivity index (χ1v) is 10.7. The minimum absolute atomic E-state index is 0.0487. The van der Waals surface area contributed by atoms with Crippen molar-refractivity contribution in [2.45, 2.75) is 37.6 Å². The maximum absolute atomic E-state index is 13.7. The topological polar surface area (TPSA) is 70.1 Å². The summed E-state index contributed by atoms with van der Waals surface area (Å²) in [4.78, 5) is 19.3. The van der Waals surface area contributed by atoms with E-state index in [0.717, 1.165) is 36.2 Å². The van der Waals surface area contributed by atoms with Crippen molar-refractivity contribution in [1.82, 2.24) is 9.55 Å². The molecular weight excluding hydrogens is 382 g/mol. The van der Waals surface area contributed by atoms with Crippen LogP contribution in [0.15, 0.2) is 41.2 Å². The molecule has 6 heteroatoms. The van der Waals surface area contributed by atoms with Gasteiger partial charge in [-0.25, -0.2) is 4.98 Å². The Balaban J connectivity index is 1.67. The number of rotatable bonds is 4. The lowest BCUT2D eigenvalue weighted by Crippen LogP contribution is -2.44. The third-order valence-corrected chi connectivity index (χ3v) is 7.39. The first kappa shape index (κ1) is 18.7. The summed E-state index contributed by atoms with van der Waals surface area (Å²) >= 11 is 5.94. The molecule has 2 bridgehead atoms. The van der Waals surface area contributed by atoms with E-state index in [0.29, 0.717) is 34.3 Å². The van der Waals surface area contributed by atoms with E-state index < -0.39 is 5.54 Å². The molecule has 2 aromatic rings. The second-order valence-corrected chi connectivity index (χ2v) is 8.90. The van der Waals surface area contributed by atoms with Crippen molar-refractivity contribution in [2.24, 2.45) is 17.6 Å². The molecule has 1 saturated carbocycles. The Morgan fingerprint density at radius 3 is 2.97 bits per heavy atom. The van der Waals surface area contributed by atoms with Gasteiger partial charge in [0.2, 0.25) is 0 Å². The first-order valence-electron chi connectivity index (χ1n) is 10.3. The van der Waals surface area contributed by atoms with Gasteiger partial charge in [-0.3, -0.25) is 9.36 Å². The van der Waals surface area contributed by atoms with Gasteiger partial charge < -0.3 is 10.5 Å². The molecule has 3 atom stereocenters. The quantitative estimate of drug-likeness (QED) is 0.785. The minimum atomic E-state index is -0.600. The summed E-state index contributed by atoms with van der Waals surface area (Å²) in [6.07, 6.45) is 11.6. The van der Waals surface area contributed by atoms with Crippen LogP contribution in [0.2, 0.25) is 0 Å². The Kier molecular flexibility index (Phi) is 4.44. The Hall–Kier alpha value is -2.31. The Morgan fingerprint density at radius 1 is 1.34 bits per heavy atom. The van der Waals surface area contributed by atoms with Crippen molar-refractivity contribution in [3.05, 3.63) is 52.6 Å².